The third-order valence-electron chi connectivity index (χ3n) is 6.33. The van der Waals surface area contributed by atoms with Crippen LogP contribution in [0.4, 0.5) is 18.9 Å². The van der Waals surface area contributed by atoms with Crippen molar-refractivity contribution >= 4 is 11.6 Å². The molecular formula is C23H25F3N2O4. The summed E-state index contributed by atoms with van der Waals surface area (Å²) in [6.45, 7) is -0.701. The van der Waals surface area contributed by atoms with Gasteiger partial charge in [-0.15, -0.1) is 0 Å². The lowest BCUT2D eigenvalue weighted by molar-refractivity contribution is -0.153. The van der Waals surface area contributed by atoms with Crippen LogP contribution >= 0.6 is 0 Å². The van der Waals surface area contributed by atoms with E-state index in [1.165, 1.54) is 12.1 Å². The van der Waals surface area contributed by atoms with Gasteiger partial charge in [-0.25, -0.2) is 4.98 Å². The summed E-state index contributed by atoms with van der Waals surface area (Å²) in [5.41, 5.74) is -0.901. The number of benzene rings is 1. The molecule has 32 heavy (non-hydrogen) atoms. The van der Waals surface area contributed by atoms with Crippen molar-refractivity contribution in [3.63, 3.8) is 0 Å². The number of aromatic nitrogens is 1. The number of pyridine rings is 1. The van der Waals surface area contributed by atoms with Crippen LogP contribution in [0.3, 0.4) is 0 Å². The van der Waals surface area contributed by atoms with Crippen LogP contribution in [-0.2, 0) is 4.79 Å². The zero-order chi connectivity index (χ0) is 22.8. The molecule has 2 aromatic rings. The van der Waals surface area contributed by atoms with E-state index in [2.05, 4.69) is 4.98 Å². The van der Waals surface area contributed by atoms with Crippen molar-refractivity contribution in [1.82, 2.24) is 4.98 Å². The number of ether oxygens (including phenoxy) is 2. The second-order valence-corrected chi connectivity index (χ2v) is 8.57. The van der Waals surface area contributed by atoms with Crippen molar-refractivity contribution in [3.05, 3.63) is 48.7 Å². The molecule has 4 rings (SSSR count). The van der Waals surface area contributed by atoms with E-state index in [0.717, 1.165) is 0 Å². The summed E-state index contributed by atoms with van der Waals surface area (Å²) in [5.74, 6) is 0.546. The minimum atomic E-state index is -4.40. The van der Waals surface area contributed by atoms with Crippen molar-refractivity contribution in [1.29, 1.82) is 0 Å². The number of hydrogen-bond acceptors (Lipinski definition) is 5. The minimum Gasteiger partial charge on any atom is -0.484 e. The quantitative estimate of drug-likeness (QED) is 0.717. The highest BCUT2D eigenvalue weighted by atomic mass is 19.4. The molecule has 2 heterocycles. The number of aliphatic hydroxyl groups is 1. The number of carbonyl (C=O) groups is 1. The number of anilines is 1. The molecular weight excluding hydrogens is 425 g/mol. The Morgan fingerprint density at radius 3 is 2.34 bits per heavy atom. The number of carbonyl (C=O) groups excluding carboxylic acids is 1. The summed E-state index contributed by atoms with van der Waals surface area (Å²) in [6, 6.07) is 11.4. The van der Waals surface area contributed by atoms with Gasteiger partial charge in [0, 0.05) is 24.5 Å². The lowest BCUT2D eigenvalue weighted by atomic mass is 9.68. The number of alkyl halides is 3. The van der Waals surface area contributed by atoms with E-state index >= 15 is 0 Å². The van der Waals surface area contributed by atoms with Crippen molar-refractivity contribution < 1.29 is 32.5 Å². The number of amides is 1. The standard InChI is InChI=1S/C23H25F3N2O4/c24-23(25,26)16-31-18-6-4-17(5-7-18)28-14-12-21(20(28)29)8-10-22(30,11-9-21)15-32-19-3-1-2-13-27-19/h1-7,13,30H,8-12,14-16H2. The number of rotatable bonds is 6. The Balaban J connectivity index is 1.34. The van der Waals surface area contributed by atoms with Gasteiger partial charge in [0.1, 0.15) is 12.4 Å². The largest absolute Gasteiger partial charge is 0.484 e. The van der Waals surface area contributed by atoms with Gasteiger partial charge in [-0.1, -0.05) is 6.07 Å². The first-order valence-corrected chi connectivity index (χ1v) is 10.6. The molecule has 6 nitrogen and oxygen atoms in total. The predicted molar refractivity (Wildman–Crippen MR) is 111 cm³/mol. The Morgan fingerprint density at radius 2 is 1.72 bits per heavy atom. The summed E-state index contributed by atoms with van der Waals surface area (Å²) in [4.78, 5) is 19.0. The Kier molecular flexibility index (Phi) is 6.03. The maximum absolute atomic E-state index is 13.2. The first-order chi connectivity index (χ1) is 15.2. The normalized spacial score (nSPS) is 25.9. The van der Waals surface area contributed by atoms with Crippen LogP contribution in [0.2, 0.25) is 0 Å². The molecule has 0 radical (unpaired) electrons. The van der Waals surface area contributed by atoms with Crippen LogP contribution in [0.1, 0.15) is 32.1 Å². The van der Waals surface area contributed by atoms with Crippen LogP contribution in [0.5, 0.6) is 11.6 Å². The lowest BCUT2D eigenvalue weighted by Crippen LogP contribution is -2.46. The highest BCUT2D eigenvalue weighted by molar-refractivity contribution is 6.00. The fourth-order valence-electron chi connectivity index (χ4n) is 4.40. The third-order valence-corrected chi connectivity index (χ3v) is 6.33. The van der Waals surface area contributed by atoms with Crippen LogP contribution in [0.25, 0.3) is 0 Å². The maximum atomic E-state index is 13.2. The number of nitrogens with zero attached hydrogens (tertiary/aromatic N) is 2. The molecule has 0 bridgehead atoms. The number of halogens is 3. The van der Waals surface area contributed by atoms with E-state index in [0.29, 0.717) is 50.2 Å². The van der Waals surface area contributed by atoms with E-state index in [1.54, 1.807) is 35.4 Å². The molecule has 1 saturated heterocycles. The molecule has 1 N–H and O–H groups in total. The van der Waals surface area contributed by atoms with Gasteiger partial charge < -0.3 is 19.5 Å². The SMILES string of the molecule is O=C1N(c2ccc(OCC(F)(F)F)cc2)CCC12CCC(O)(COc1ccccn1)CC2. The Bertz CT molecular complexity index is 927. The monoisotopic (exact) mass is 450 g/mol. The first-order valence-electron chi connectivity index (χ1n) is 10.6. The fraction of sp³-hybridized carbons (Fsp3) is 0.478. The maximum Gasteiger partial charge on any atom is 0.422 e. The van der Waals surface area contributed by atoms with Gasteiger partial charge in [0.25, 0.3) is 0 Å². The van der Waals surface area contributed by atoms with E-state index in [1.807, 2.05) is 6.07 Å². The molecule has 1 spiro atoms. The molecule has 2 fully saturated rings. The molecule has 1 saturated carbocycles. The van der Waals surface area contributed by atoms with Crippen molar-refractivity contribution in [2.24, 2.45) is 5.41 Å². The average molecular weight is 450 g/mol. The molecule has 2 aliphatic rings. The van der Waals surface area contributed by atoms with Crippen LogP contribution < -0.4 is 14.4 Å². The second kappa shape index (κ2) is 8.61. The van der Waals surface area contributed by atoms with Crippen molar-refractivity contribution in [2.75, 3.05) is 24.7 Å². The summed E-state index contributed by atoms with van der Waals surface area (Å²) in [5, 5.41) is 10.9. The zero-order valence-electron chi connectivity index (χ0n) is 17.5. The van der Waals surface area contributed by atoms with Gasteiger partial charge in [0.15, 0.2) is 6.61 Å². The highest BCUT2D eigenvalue weighted by Crippen LogP contribution is 2.48. The molecule has 0 atom stereocenters. The molecule has 1 aromatic heterocycles. The minimum absolute atomic E-state index is 0.00541. The highest BCUT2D eigenvalue weighted by Gasteiger charge is 2.51. The number of hydrogen-bond donors (Lipinski definition) is 1. The molecule has 1 aliphatic heterocycles. The molecule has 1 aromatic carbocycles. The Hall–Kier alpha value is -2.81. The zero-order valence-corrected chi connectivity index (χ0v) is 17.5. The van der Waals surface area contributed by atoms with E-state index in [4.69, 9.17) is 9.47 Å². The van der Waals surface area contributed by atoms with Gasteiger partial charge in [0.05, 0.1) is 11.0 Å². The summed E-state index contributed by atoms with van der Waals surface area (Å²) in [7, 11) is 0. The summed E-state index contributed by atoms with van der Waals surface area (Å²) >= 11 is 0. The van der Waals surface area contributed by atoms with Crippen LogP contribution in [0.15, 0.2) is 48.7 Å². The fourth-order valence-corrected chi connectivity index (χ4v) is 4.40. The van der Waals surface area contributed by atoms with Gasteiger partial charge in [-0.3, -0.25) is 4.79 Å². The van der Waals surface area contributed by atoms with Crippen molar-refractivity contribution in [3.8, 4) is 11.6 Å². The summed E-state index contributed by atoms with van der Waals surface area (Å²) in [6.07, 6.45) is -0.103. The Labute approximate surface area is 184 Å². The molecule has 1 amide bonds. The first kappa shape index (κ1) is 22.4. The molecule has 0 unspecified atom stereocenters. The van der Waals surface area contributed by atoms with Crippen LogP contribution in [-0.4, -0.2) is 47.5 Å². The predicted octanol–water partition coefficient (Wildman–Crippen LogP) is 4.13. The topological polar surface area (TPSA) is 71.9 Å². The molecule has 9 heteroatoms. The molecule has 172 valence electrons. The smallest absolute Gasteiger partial charge is 0.422 e. The average Bonchev–Trinajstić information content (AvgIpc) is 3.10. The van der Waals surface area contributed by atoms with Gasteiger partial charge in [-0.05, 0) is 62.4 Å². The van der Waals surface area contributed by atoms with Crippen LogP contribution in [0, 0.1) is 5.41 Å². The van der Waals surface area contributed by atoms with Gasteiger partial charge >= 0.3 is 6.18 Å². The Morgan fingerprint density at radius 1 is 1.00 bits per heavy atom. The van der Waals surface area contributed by atoms with Gasteiger partial charge in [0.2, 0.25) is 11.8 Å². The van der Waals surface area contributed by atoms with Gasteiger partial charge in [-0.2, -0.15) is 13.2 Å². The van der Waals surface area contributed by atoms with Crippen molar-refractivity contribution in [2.45, 2.75) is 43.9 Å². The molecule has 1 aliphatic carbocycles. The third kappa shape index (κ3) is 4.98. The summed E-state index contributed by atoms with van der Waals surface area (Å²) < 4.78 is 47.3. The van der Waals surface area contributed by atoms with E-state index in [9.17, 15) is 23.1 Å². The lowest BCUT2D eigenvalue weighted by Gasteiger charge is -2.40. The van der Waals surface area contributed by atoms with E-state index in [-0.39, 0.29) is 18.3 Å². The van der Waals surface area contributed by atoms with E-state index < -0.39 is 23.8 Å². The second-order valence-electron chi connectivity index (χ2n) is 8.57.